The van der Waals surface area contributed by atoms with Crippen molar-refractivity contribution in [3.05, 3.63) is 30.3 Å². The maximum Gasteiger partial charge on any atom is 0.537 e. The summed E-state index contributed by atoms with van der Waals surface area (Å²) in [5.41, 5.74) is 0. The molecule has 0 saturated heterocycles. The number of benzene rings is 1. The first-order valence-electron chi connectivity index (χ1n) is 7.69. The van der Waals surface area contributed by atoms with Gasteiger partial charge in [0.15, 0.2) is 0 Å². The summed E-state index contributed by atoms with van der Waals surface area (Å²) in [7, 11) is 0.377. The van der Waals surface area contributed by atoms with Gasteiger partial charge < -0.3 is 26.6 Å². The van der Waals surface area contributed by atoms with Gasteiger partial charge in [0.25, 0.3) is 0 Å². The molecule has 0 bridgehead atoms. The van der Waals surface area contributed by atoms with Crippen LogP contribution in [-0.2, 0) is 26.6 Å². The lowest BCUT2D eigenvalue weighted by atomic mass is 10.4. The van der Waals surface area contributed by atoms with E-state index >= 15 is 0 Å². The second-order valence-electron chi connectivity index (χ2n) is 4.22. The molecule has 0 saturated carbocycles. The van der Waals surface area contributed by atoms with E-state index in [2.05, 4.69) is 0 Å². The number of hydrogen-bond donors (Lipinski definition) is 0. The Morgan fingerprint density at radius 3 is 1.39 bits per heavy atom. The third-order valence-corrected chi connectivity index (χ3v) is 6.91. The molecule has 0 atom stereocenters. The molecule has 0 spiro atoms. The summed E-state index contributed by atoms with van der Waals surface area (Å²) in [4.78, 5) is 0. The zero-order valence-corrected chi connectivity index (χ0v) is 17.2. The molecule has 0 radical (unpaired) electrons. The fourth-order valence-corrected chi connectivity index (χ4v) is 4.94. The van der Waals surface area contributed by atoms with Crippen LogP contribution < -0.4 is 5.19 Å². The molecule has 0 heterocycles. The van der Waals surface area contributed by atoms with Crippen LogP contribution in [0.1, 0.15) is 20.8 Å². The normalized spacial score (nSPS) is 11.3. The highest BCUT2D eigenvalue weighted by Crippen LogP contribution is 2.10. The van der Waals surface area contributed by atoms with Crippen molar-refractivity contribution < 1.29 is 26.6 Å². The smallest absolute Gasteiger partial charge is 0.379 e. The second-order valence-corrected chi connectivity index (χ2v) is 8.76. The largest absolute Gasteiger partial charge is 0.537 e. The Morgan fingerprint density at radius 1 is 0.739 bits per heavy atom. The molecule has 134 valence electrons. The van der Waals surface area contributed by atoms with Crippen LogP contribution in [0.15, 0.2) is 30.3 Å². The van der Waals surface area contributed by atoms with Gasteiger partial charge in [-0.25, -0.2) is 0 Å². The molecule has 0 aliphatic rings. The van der Waals surface area contributed by atoms with Gasteiger partial charge in [-0.2, -0.15) is 0 Å². The van der Waals surface area contributed by atoms with Crippen molar-refractivity contribution in [1.29, 1.82) is 0 Å². The van der Waals surface area contributed by atoms with Crippen molar-refractivity contribution in [2.24, 2.45) is 0 Å². The molecular formula is C15H30O6Si2. The molecule has 1 aromatic rings. The van der Waals surface area contributed by atoms with E-state index in [9.17, 15) is 0 Å². The van der Waals surface area contributed by atoms with Crippen molar-refractivity contribution >= 4 is 23.5 Å². The van der Waals surface area contributed by atoms with Crippen LogP contribution in [0.5, 0.6) is 0 Å². The van der Waals surface area contributed by atoms with E-state index in [-0.39, 0.29) is 0 Å². The average molecular weight is 363 g/mol. The summed E-state index contributed by atoms with van der Waals surface area (Å²) in [5, 5.41) is 1.03. The second kappa shape index (κ2) is 13.8. The van der Waals surface area contributed by atoms with E-state index in [1.165, 1.54) is 0 Å². The summed E-state index contributed by atoms with van der Waals surface area (Å²) in [6.45, 7) is 7.68. The number of hydrogen-bond acceptors (Lipinski definition) is 6. The van der Waals surface area contributed by atoms with Crippen molar-refractivity contribution in [2.45, 2.75) is 20.8 Å². The van der Waals surface area contributed by atoms with Crippen LogP contribution >= 0.6 is 0 Å². The molecule has 1 aromatic carbocycles. The van der Waals surface area contributed by atoms with Gasteiger partial charge in [-0.15, -0.1) is 0 Å². The Hall–Kier alpha value is -0.586. The fraction of sp³-hybridized carbons (Fsp3) is 0.600. The first-order chi connectivity index (χ1) is 11.1. The van der Waals surface area contributed by atoms with Crippen LogP contribution in [-0.4, -0.2) is 59.5 Å². The zero-order chi connectivity index (χ0) is 17.6. The fourth-order valence-electron chi connectivity index (χ4n) is 1.88. The molecule has 0 unspecified atom stereocenters. The van der Waals surface area contributed by atoms with Gasteiger partial charge in [-0.05, 0) is 20.8 Å². The minimum absolute atomic E-state index is 0.598. The Labute approximate surface area is 143 Å². The van der Waals surface area contributed by atoms with Crippen LogP contribution in [0.4, 0.5) is 0 Å². The van der Waals surface area contributed by atoms with Gasteiger partial charge in [-0.1, -0.05) is 30.3 Å². The highest BCUT2D eigenvalue weighted by Gasteiger charge is 2.42. The lowest BCUT2D eigenvalue weighted by Gasteiger charge is -2.28. The Morgan fingerprint density at radius 2 is 1.13 bits per heavy atom. The molecule has 0 aromatic heterocycles. The summed E-state index contributed by atoms with van der Waals surface area (Å²) < 4.78 is 31.6. The Bertz CT molecular complexity index is 353. The molecule has 0 N–H and O–H groups in total. The van der Waals surface area contributed by atoms with Gasteiger partial charge in [-0.3, -0.25) is 0 Å². The van der Waals surface area contributed by atoms with Crippen molar-refractivity contribution in [2.75, 3.05) is 41.2 Å². The van der Waals surface area contributed by atoms with Crippen molar-refractivity contribution in [3.63, 3.8) is 0 Å². The van der Waals surface area contributed by atoms with Gasteiger partial charge in [0.2, 0.25) is 0 Å². The molecule has 0 amide bonds. The first-order valence-corrected chi connectivity index (χ1v) is 10.8. The SMILES string of the molecule is CCO[Si](OCC)(OCC)c1ccccc1.CO[SiH](OC)OC. The molecule has 23 heavy (non-hydrogen) atoms. The minimum Gasteiger partial charge on any atom is -0.379 e. The molecule has 6 nitrogen and oxygen atoms in total. The molecular weight excluding hydrogens is 332 g/mol. The van der Waals surface area contributed by atoms with Crippen LogP contribution in [0.3, 0.4) is 0 Å². The summed E-state index contributed by atoms with van der Waals surface area (Å²) >= 11 is 0. The van der Waals surface area contributed by atoms with E-state index < -0.39 is 18.3 Å². The summed E-state index contributed by atoms with van der Waals surface area (Å²) in [6, 6.07) is 9.95. The minimum atomic E-state index is -2.67. The maximum absolute atomic E-state index is 5.79. The molecule has 0 aliphatic carbocycles. The Balaban J connectivity index is 0.000000585. The quantitative estimate of drug-likeness (QED) is 0.589. The maximum atomic E-state index is 5.79. The predicted octanol–water partition coefficient (Wildman–Crippen LogP) is 1.58. The van der Waals surface area contributed by atoms with E-state index in [0.717, 1.165) is 5.19 Å². The van der Waals surface area contributed by atoms with E-state index in [1.54, 1.807) is 21.3 Å². The van der Waals surface area contributed by atoms with Crippen LogP contribution in [0.25, 0.3) is 0 Å². The monoisotopic (exact) mass is 362 g/mol. The highest BCUT2D eigenvalue weighted by atomic mass is 28.4. The van der Waals surface area contributed by atoms with Gasteiger partial charge >= 0.3 is 18.3 Å². The zero-order valence-electron chi connectivity index (χ0n) is 15.0. The molecule has 0 fully saturated rings. The lowest BCUT2D eigenvalue weighted by Crippen LogP contribution is -2.56. The summed E-state index contributed by atoms with van der Waals surface area (Å²) in [5.74, 6) is 0. The standard InChI is InChI=1S/C12H20O3Si.C3H10O3Si/c1-4-13-16(14-5-2,15-6-3)12-10-8-7-9-11-12;1-4-7(5-2)6-3/h7-11H,4-6H2,1-3H3;7H,1-3H3. The molecule has 1 rings (SSSR count). The summed E-state index contributed by atoms with van der Waals surface area (Å²) in [6.07, 6.45) is 0. The van der Waals surface area contributed by atoms with Crippen molar-refractivity contribution in [1.82, 2.24) is 0 Å². The number of rotatable bonds is 10. The lowest BCUT2D eigenvalue weighted by molar-refractivity contribution is 0.0859. The highest BCUT2D eigenvalue weighted by molar-refractivity contribution is 6.75. The third-order valence-electron chi connectivity index (χ3n) is 2.71. The van der Waals surface area contributed by atoms with E-state index in [1.807, 2.05) is 51.1 Å². The molecule has 0 aliphatic heterocycles. The first kappa shape index (κ1) is 22.4. The van der Waals surface area contributed by atoms with E-state index in [0.29, 0.717) is 19.8 Å². The van der Waals surface area contributed by atoms with Gasteiger partial charge in [0.05, 0.1) is 0 Å². The Kier molecular flexibility index (Phi) is 13.5. The van der Waals surface area contributed by atoms with Gasteiger partial charge in [0.1, 0.15) is 0 Å². The topological polar surface area (TPSA) is 55.4 Å². The van der Waals surface area contributed by atoms with Gasteiger partial charge in [0, 0.05) is 46.3 Å². The van der Waals surface area contributed by atoms with Crippen molar-refractivity contribution in [3.8, 4) is 0 Å². The predicted molar refractivity (Wildman–Crippen MR) is 94.9 cm³/mol. The third kappa shape index (κ3) is 8.18. The van der Waals surface area contributed by atoms with Crippen LogP contribution in [0, 0.1) is 0 Å². The molecule has 8 heteroatoms. The van der Waals surface area contributed by atoms with E-state index in [4.69, 9.17) is 26.6 Å². The average Bonchev–Trinajstić information content (AvgIpc) is 2.58. The van der Waals surface area contributed by atoms with Crippen LogP contribution in [0.2, 0.25) is 0 Å².